The van der Waals surface area contributed by atoms with Gasteiger partial charge in [0.15, 0.2) is 5.11 Å². The SMILES string of the molecule is CCOC(=O)NC(=S)NCCc1ccncc1. The molecule has 0 saturated carbocycles. The Hall–Kier alpha value is -1.69. The Morgan fingerprint density at radius 1 is 1.47 bits per heavy atom. The van der Waals surface area contributed by atoms with Crippen molar-refractivity contribution in [1.29, 1.82) is 0 Å². The number of carbonyl (C=O) groups is 1. The van der Waals surface area contributed by atoms with Gasteiger partial charge in [-0.2, -0.15) is 0 Å². The first kappa shape index (κ1) is 13.4. The molecule has 17 heavy (non-hydrogen) atoms. The quantitative estimate of drug-likeness (QED) is 0.791. The van der Waals surface area contributed by atoms with E-state index in [1.807, 2.05) is 12.1 Å². The van der Waals surface area contributed by atoms with E-state index in [1.165, 1.54) is 0 Å². The number of ether oxygens (including phenoxy) is 1. The standard InChI is InChI=1S/C11H15N3O2S/c1-2-16-11(15)14-10(17)13-8-5-9-3-6-12-7-4-9/h3-4,6-7H,2,5,8H2,1H3,(H2,13,14,15,17). The Bertz CT molecular complexity index is 370. The van der Waals surface area contributed by atoms with Crippen molar-refractivity contribution in [2.45, 2.75) is 13.3 Å². The third kappa shape index (κ3) is 5.82. The summed E-state index contributed by atoms with van der Waals surface area (Å²) in [6.45, 7) is 2.71. The molecule has 0 aliphatic rings. The lowest BCUT2D eigenvalue weighted by Crippen LogP contribution is -2.40. The van der Waals surface area contributed by atoms with Crippen LogP contribution in [0.1, 0.15) is 12.5 Å². The van der Waals surface area contributed by atoms with Crippen LogP contribution in [0.15, 0.2) is 24.5 Å². The fourth-order valence-electron chi connectivity index (χ4n) is 1.17. The van der Waals surface area contributed by atoms with Crippen LogP contribution < -0.4 is 10.6 Å². The number of aromatic nitrogens is 1. The second kappa shape index (κ2) is 7.56. The van der Waals surface area contributed by atoms with E-state index in [9.17, 15) is 4.79 Å². The van der Waals surface area contributed by atoms with Crippen molar-refractivity contribution in [3.63, 3.8) is 0 Å². The van der Waals surface area contributed by atoms with Crippen molar-refractivity contribution in [3.05, 3.63) is 30.1 Å². The van der Waals surface area contributed by atoms with Crippen LogP contribution in [0.25, 0.3) is 0 Å². The van der Waals surface area contributed by atoms with Gasteiger partial charge in [-0.1, -0.05) is 0 Å². The summed E-state index contributed by atoms with van der Waals surface area (Å²) in [7, 11) is 0. The van der Waals surface area contributed by atoms with Gasteiger partial charge in [0.1, 0.15) is 0 Å². The Kier molecular flexibility index (Phi) is 5.95. The first-order chi connectivity index (χ1) is 8.22. The molecule has 0 radical (unpaired) electrons. The molecule has 92 valence electrons. The first-order valence-corrected chi connectivity index (χ1v) is 5.73. The summed E-state index contributed by atoms with van der Waals surface area (Å²) in [5.41, 5.74) is 1.16. The number of carbonyl (C=O) groups excluding carboxylic acids is 1. The van der Waals surface area contributed by atoms with Gasteiger partial charge in [0.05, 0.1) is 6.61 Å². The largest absolute Gasteiger partial charge is 0.450 e. The van der Waals surface area contributed by atoms with Crippen molar-refractivity contribution in [3.8, 4) is 0 Å². The van der Waals surface area contributed by atoms with Crippen molar-refractivity contribution in [2.24, 2.45) is 0 Å². The van der Waals surface area contributed by atoms with E-state index in [2.05, 4.69) is 15.6 Å². The number of nitrogens with zero attached hydrogens (tertiary/aromatic N) is 1. The molecule has 0 aromatic carbocycles. The molecule has 0 saturated heterocycles. The molecule has 1 rings (SSSR count). The highest BCUT2D eigenvalue weighted by atomic mass is 32.1. The summed E-state index contributed by atoms with van der Waals surface area (Å²) in [5, 5.41) is 5.61. The highest BCUT2D eigenvalue weighted by molar-refractivity contribution is 7.80. The third-order valence-corrected chi connectivity index (χ3v) is 2.19. The van der Waals surface area contributed by atoms with E-state index >= 15 is 0 Å². The van der Waals surface area contributed by atoms with Crippen LogP contribution in [0.5, 0.6) is 0 Å². The zero-order valence-corrected chi connectivity index (χ0v) is 10.4. The lowest BCUT2D eigenvalue weighted by Gasteiger charge is -2.08. The average molecular weight is 253 g/mol. The summed E-state index contributed by atoms with van der Waals surface area (Å²) in [6, 6.07) is 3.87. The Balaban J connectivity index is 2.18. The lowest BCUT2D eigenvalue weighted by atomic mass is 10.2. The summed E-state index contributed by atoms with van der Waals surface area (Å²) in [4.78, 5) is 14.9. The highest BCUT2D eigenvalue weighted by Gasteiger charge is 2.03. The van der Waals surface area contributed by atoms with Gasteiger partial charge < -0.3 is 10.1 Å². The monoisotopic (exact) mass is 253 g/mol. The minimum atomic E-state index is -0.533. The second-order valence-corrected chi connectivity index (χ2v) is 3.62. The summed E-state index contributed by atoms with van der Waals surface area (Å²) in [6.07, 6.45) is 3.76. The van der Waals surface area contributed by atoms with Gasteiger partial charge in [-0.05, 0) is 43.3 Å². The van der Waals surface area contributed by atoms with E-state index in [-0.39, 0.29) is 5.11 Å². The van der Waals surface area contributed by atoms with Gasteiger partial charge >= 0.3 is 6.09 Å². The maximum absolute atomic E-state index is 11.0. The maximum Gasteiger partial charge on any atom is 0.413 e. The van der Waals surface area contributed by atoms with Crippen molar-refractivity contribution in [2.75, 3.05) is 13.2 Å². The van der Waals surface area contributed by atoms with E-state index in [0.717, 1.165) is 12.0 Å². The van der Waals surface area contributed by atoms with Gasteiger partial charge in [0.2, 0.25) is 0 Å². The fourth-order valence-corrected chi connectivity index (χ4v) is 1.36. The smallest absolute Gasteiger partial charge is 0.413 e. The molecule has 6 heteroatoms. The molecule has 0 bridgehead atoms. The van der Waals surface area contributed by atoms with Gasteiger partial charge in [-0.3, -0.25) is 10.3 Å². The fraction of sp³-hybridized carbons (Fsp3) is 0.364. The Morgan fingerprint density at radius 3 is 2.82 bits per heavy atom. The summed E-state index contributed by atoms with van der Waals surface area (Å²) < 4.78 is 4.69. The second-order valence-electron chi connectivity index (χ2n) is 3.21. The van der Waals surface area contributed by atoms with Crippen LogP contribution in [0, 0.1) is 0 Å². The minimum absolute atomic E-state index is 0.275. The van der Waals surface area contributed by atoms with Gasteiger partial charge in [0.25, 0.3) is 0 Å². The molecular weight excluding hydrogens is 238 g/mol. The normalized spacial score (nSPS) is 9.47. The molecule has 0 unspecified atom stereocenters. The number of pyridine rings is 1. The van der Waals surface area contributed by atoms with Crippen LogP contribution in [0.2, 0.25) is 0 Å². The van der Waals surface area contributed by atoms with Gasteiger partial charge in [-0.15, -0.1) is 0 Å². The maximum atomic E-state index is 11.0. The van der Waals surface area contributed by atoms with Crippen LogP contribution in [0.4, 0.5) is 4.79 Å². The van der Waals surface area contributed by atoms with Crippen molar-refractivity contribution in [1.82, 2.24) is 15.6 Å². The Labute approximate surface area is 106 Å². The van der Waals surface area contributed by atoms with Crippen molar-refractivity contribution < 1.29 is 9.53 Å². The zero-order valence-electron chi connectivity index (χ0n) is 9.60. The Morgan fingerprint density at radius 2 is 2.18 bits per heavy atom. The molecule has 5 nitrogen and oxygen atoms in total. The highest BCUT2D eigenvalue weighted by Crippen LogP contribution is 1.95. The predicted octanol–water partition coefficient (Wildman–Crippen LogP) is 1.24. The summed E-state index contributed by atoms with van der Waals surface area (Å²) >= 11 is 4.92. The van der Waals surface area contributed by atoms with Crippen LogP contribution >= 0.6 is 12.2 Å². The van der Waals surface area contributed by atoms with E-state index in [4.69, 9.17) is 17.0 Å². The number of amides is 1. The van der Waals surface area contributed by atoms with Crippen molar-refractivity contribution >= 4 is 23.4 Å². The molecule has 1 heterocycles. The first-order valence-electron chi connectivity index (χ1n) is 5.33. The molecule has 1 amide bonds. The van der Waals surface area contributed by atoms with Crippen LogP contribution in [-0.4, -0.2) is 29.3 Å². The molecule has 1 aromatic heterocycles. The van der Waals surface area contributed by atoms with Gasteiger partial charge in [0, 0.05) is 18.9 Å². The number of rotatable bonds is 4. The third-order valence-electron chi connectivity index (χ3n) is 1.94. The molecular formula is C11H15N3O2S. The number of nitrogens with one attached hydrogen (secondary N) is 2. The molecule has 0 atom stereocenters. The lowest BCUT2D eigenvalue weighted by molar-refractivity contribution is 0.157. The number of hydrogen-bond acceptors (Lipinski definition) is 4. The number of thiocarbonyl (C=S) groups is 1. The molecule has 0 aliphatic carbocycles. The molecule has 0 fully saturated rings. The van der Waals surface area contributed by atoms with E-state index in [0.29, 0.717) is 13.2 Å². The molecule has 2 N–H and O–H groups in total. The van der Waals surface area contributed by atoms with Crippen LogP contribution in [-0.2, 0) is 11.2 Å². The zero-order chi connectivity index (χ0) is 12.5. The predicted molar refractivity (Wildman–Crippen MR) is 68.7 cm³/mol. The summed E-state index contributed by atoms with van der Waals surface area (Å²) in [5.74, 6) is 0. The van der Waals surface area contributed by atoms with Gasteiger partial charge in [-0.25, -0.2) is 4.79 Å². The molecule has 0 aliphatic heterocycles. The average Bonchev–Trinajstić information content (AvgIpc) is 2.30. The minimum Gasteiger partial charge on any atom is -0.450 e. The molecule has 0 spiro atoms. The number of hydrogen-bond donors (Lipinski definition) is 2. The topological polar surface area (TPSA) is 63.2 Å². The number of alkyl carbamates (subject to hydrolysis) is 1. The van der Waals surface area contributed by atoms with E-state index in [1.54, 1.807) is 19.3 Å². The molecule has 1 aromatic rings. The van der Waals surface area contributed by atoms with E-state index < -0.39 is 6.09 Å². The van der Waals surface area contributed by atoms with Crippen LogP contribution in [0.3, 0.4) is 0 Å².